The first-order valence-electron chi connectivity index (χ1n) is 7.11. The van der Waals surface area contributed by atoms with Crippen molar-refractivity contribution in [2.45, 2.75) is 52.4 Å². The largest absolute Gasteiger partial charge is 0.299 e. The fraction of sp³-hybridized carbons (Fsp3) is 0.588. The topological polar surface area (TPSA) is 17.1 Å². The Morgan fingerprint density at radius 2 is 1.95 bits per heavy atom. The molecular formula is C17H23FO. The highest BCUT2D eigenvalue weighted by atomic mass is 19.1. The summed E-state index contributed by atoms with van der Waals surface area (Å²) >= 11 is 0. The predicted molar refractivity (Wildman–Crippen MR) is 75.7 cm³/mol. The van der Waals surface area contributed by atoms with Crippen LogP contribution in [0, 0.1) is 24.6 Å². The molecule has 0 radical (unpaired) electrons. The predicted octanol–water partition coefficient (Wildman–Crippen LogP) is 4.42. The Labute approximate surface area is 115 Å². The van der Waals surface area contributed by atoms with E-state index in [9.17, 15) is 9.18 Å². The number of hydrogen-bond acceptors (Lipinski definition) is 1. The zero-order valence-electron chi connectivity index (χ0n) is 12.3. The molecule has 0 amide bonds. The van der Waals surface area contributed by atoms with Gasteiger partial charge in [0.2, 0.25) is 0 Å². The van der Waals surface area contributed by atoms with E-state index in [-0.39, 0.29) is 17.2 Å². The van der Waals surface area contributed by atoms with Crippen LogP contribution in [-0.2, 0) is 10.2 Å². The average molecular weight is 262 g/mol. The SMILES string of the molecule is Cc1cc(C(C)(C)C2CCC(C)CC2=O)ccc1F. The van der Waals surface area contributed by atoms with Crippen molar-refractivity contribution in [2.75, 3.05) is 0 Å². The lowest BCUT2D eigenvalue weighted by molar-refractivity contribution is -0.128. The van der Waals surface area contributed by atoms with Crippen molar-refractivity contribution in [1.82, 2.24) is 0 Å². The average Bonchev–Trinajstić information content (AvgIpc) is 2.32. The summed E-state index contributed by atoms with van der Waals surface area (Å²) in [6, 6.07) is 5.23. The molecule has 0 heterocycles. The lowest BCUT2D eigenvalue weighted by Gasteiger charge is -2.38. The van der Waals surface area contributed by atoms with Crippen LogP contribution in [0.4, 0.5) is 4.39 Å². The summed E-state index contributed by atoms with van der Waals surface area (Å²) < 4.78 is 13.4. The quantitative estimate of drug-likeness (QED) is 0.771. The van der Waals surface area contributed by atoms with E-state index in [2.05, 4.69) is 20.8 Å². The second-order valence-electron chi connectivity index (χ2n) is 6.59. The summed E-state index contributed by atoms with van der Waals surface area (Å²) in [4.78, 5) is 12.3. The van der Waals surface area contributed by atoms with Crippen molar-refractivity contribution in [3.8, 4) is 0 Å². The van der Waals surface area contributed by atoms with Crippen molar-refractivity contribution in [1.29, 1.82) is 0 Å². The van der Waals surface area contributed by atoms with Crippen LogP contribution in [0.15, 0.2) is 18.2 Å². The number of hydrogen-bond donors (Lipinski definition) is 0. The maximum Gasteiger partial charge on any atom is 0.137 e. The summed E-state index contributed by atoms with van der Waals surface area (Å²) in [7, 11) is 0. The molecule has 1 nitrogen and oxygen atoms in total. The van der Waals surface area contributed by atoms with E-state index in [1.807, 2.05) is 12.1 Å². The Morgan fingerprint density at radius 3 is 2.53 bits per heavy atom. The minimum absolute atomic E-state index is 0.0635. The highest BCUT2D eigenvalue weighted by molar-refractivity contribution is 5.83. The van der Waals surface area contributed by atoms with E-state index >= 15 is 0 Å². The van der Waals surface area contributed by atoms with Gasteiger partial charge < -0.3 is 0 Å². The molecule has 1 saturated carbocycles. The molecule has 1 aliphatic rings. The molecule has 1 aromatic carbocycles. The van der Waals surface area contributed by atoms with Gasteiger partial charge in [-0.1, -0.05) is 32.9 Å². The second-order valence-corrected chi connectivity index (χ2v) is 6.59. The van der Waals surface area contributed by atoms with Crippen molar-refractivity contribution in [3.63, 3.8) is 0 Å². The van der Waals surface area contributed by atoms with Gasteiger partial charge in [-0.2, -0.15) is 0 Å². The summed E-state index contributed by atoms with van der Waals surface area (Å²) in [5, 5.41) is 0. The molecule has 0 N–H and O–H groups in total. The number of rotatable bonds is 2. The molecule has 0 saturated heterocycles. The number of aryl methyl sites for hydroxylation is 1. The van der Waals surface area contributed by atoms with E-state index in [1.54, 1.807) is 6.92 Å². The van der Waals surface area contributed by atoms with Gasteiger partial charge in [-0.15, -0.1) is 0 Å². The summed E-state index contributed by atoms with van der Waals surface area (Å²) in [5.74, 6) is 0.761. The first-order chi connectivity index (χ1) is 8.82. The van der Waals surface area contributed by atoms with E-state index in [1.165, 1.54) is 6.07 Å². The smallest absolute Gasteiger partial charge is 0.137 e. The van der Waals surface area contributed by atoms with Gasteiger partial charge in [0.05, 0.1) is 0 Å². The third-order valence-corrected chi connectivity index (χ3v) is 4.66. The van der Waals surface area contributed by atoms with Crippen LogP contribution in [0.3, 0.4) is 0 Å². The van der Waals surface area contributed by atoms with Crippen LogP contribution in [0.25, 0.3) is 0 Å². The van der Waals surface area contributed by atoms with Crippen LogP contribution in [0.2, 0.25) is 0 Å². The van der Waals surface area contributed by atoms with E-state index in [0.717, 1.165) is 18.4 Å². The Hall–Kier alpha value is -1.18. The number of halogens is 1. The monoisotopic (exact) mass is 262 g/mol. The highest BCUT2D eigenvalue weighted by Gasteiger charge is 2.39. The standard InChI is InChI=1S/C17H23FO/c1-11-5-7-14(16(19)9-11)17(3,4)13-6-8-15(18)12(2)10-13/h6,8,10-11,14H,5,7,9H2,1-4H3. The normalized spacial score (nSPS) is 24.6. The first kappa shape index (κ1) is 14.2. The number of carbonyl (C=O) groups excluding carboxylic acids is 1. The Morgan fingerprint density at radius 1 is 1.26 bits per heavy atom. The molecular weight excluding hydrogens is 239 g/mol. The Balaban J connectivity index is 2.30. The van der Waals surface area contributed by atoms with Gasteiger partial charge in [-0.05, 0) is 48.3 Å². The maximum atomic E-state index is 13.4. The summed E-state index contributed by atoms with van der Waals surface area (Å²) in [6.45, 7) is 8.14. The molecule has 1 fully saturated rings. The maximum absolute atomic E-state index is 13.4. The molecule has 1 aromatic rings. The second kappa shape index (κ2) is 5.07. The van der Waals surface area contributed by atoms with Gasteiger partial charge in [0.25, 0.3) is 0 Å². The molecule has 2 heteroatoms. The minimum atomic E-state index is -0.213. The zero-order chi connectivity index (χ0) is 14.2. The van der Waals surface area contributed by atoms with E-state index in [0.29, 0.717) is 23.7 Å². The number of carbonyl (C=O) groups is 1. The molecule has 1 aliphatic carbocycles. The molecule has 2 rings (SSSR count). The molecule has 0 spiro atoms. The Bertz CT molecular complexity index is 490. The van der Waals surface area contributed by atoms with Crippen molar-refractivity contribution in [2.24, 2.45) is 11.8 Å². The fourth-order valence-corrected chi connectivity index (χ4v) is 3.21. The van der Waals surface area contributed by atoms with Crippen LogP contribution in [-0.4, -0.2) is 5.78 Å². The highest BCUT2D eigenvalue weighted by Crippen LogP contribution is 2.40. The molecule has 2 unspecified atom stereocenters. The number of benzene rings is 1. The van der Waals surface area contributed by atoms with Gasteiger partial charge in [-0.25, -0.2) is 4.39 Å². The fourth-order valence-electron chi connectivity index (χ4n) is 3.21. The third kappa shape index (κ3) is 2.72. The van der Waals surface area contributed by atoms with Gasteiger partial charge in [0.1, 0.15) is 11.6 Å². The molecule has 0 aliphatic heterocycles. The molecule has 2 atom stereocenters. The van der Waals surface area contributed by atoms with Crippen LogP contribution >= 0.6 is 0 Å². The van der Waals surface area contributed by atoms with Crippen molar-refractivity contribution in [3.05, 3.63) is 35.1 Å². The van der Waals surface area contributed by atoms with Crippen LogP contribution in [0.1, 0.15) is 51.2 Å². The minimum Gasteiger partial charge on any atom is -0.299 e. The van der Waals surface area contributed by atoms with Gasteiger partial charge in [0, 0.05) is 12.3 Å². The van der Waals surface area contributed by atoms with Crippen LogP contribution in [0.5, 0.6) is 0 Å². The lowest BCUT2D eigenvalue weighted by Crippen LogP contribution is -2.38. The Kier molecular flexibility index (Phi) is 3.80. The van der Waals surface area contributed by atoms with E-state index in [4.69, 9.17) is 0 Å². The molecule has 0 bridgehead atoms. The van der Waals surface area contributed by atoms with Crippen molar-refractivity contribution < 1.29 is 9.18 Å². The molecule has 104 valence electrons. The molecule has 0 aromatic heterocycles. The zero-order valence-corrected chi connectivity index (χ0v) is 12.3. The summed E-state index contributed by atoms with van der Waals surface area (Å²) in [5.41, 5.74) is 1.51. The van der Waals surface area contributed by atoms with Crippen molar-refractivity contribution >= 4 is 5.78 Å². The van der Waals surface area contributed by atoms with Gasteiger partial charge in [-0.3, -0.25) is 4.79 Å². The van der Waals surface area contributed by atoms with Gasteiger partial charge >= 0.3 is 0 Å². The third-order valence-electron chi connectivity index (χ3n) is 4.66. The van der Waals surface area contributed by atoms with Gasteiger partial charge in [0.15, 0.2) is 0 Å². The number of Topliss-reactive ketones (excluding diaryl/α,β-unsaturated/α-hetero) is 1. The lowest BCUT2D eigenvalue weighted by atomic mass is 9.65. The van der Waals surface area contributed by atoms with E-state index < -0.39 is 0 Å². The summed E-state index contributed by atoms with van der Waals surface area (Å²) in [6.07, 6.45) is 2.75. The van der Waals surface area contributed by atoms with Crippen LogP contribution < -0.4 is 0 Å². The first-order valence-corrected chi connectivity index (χ1v) is 7.11. The number of ketones is 1. The molecule has 19 heavy (non-hydrogen) atoms.